The first kappa shape index (κ1) is 16.0. The number of benzene rings is 1. The van der Waals surface area contributed by atoms with Crippen molar-refractivity contribution in [3.8, 4) is 22.8 Å². The maximum atomic E-state index is 11.8. The summed E-state index contributed by atoms with van der Waals surface area (Å²) in [4.78, 5) is 16.3. The second-order valence-corrected chi connectivity index (χ2v) is 6.16. The fraction of sp³-hybridized carbons (Fsp3) is 0.158. The molecule has 0 aliphatic heterocycles. The molecule has 130 valence electrons. The molecule has 0 aliphatic carbocycles. The van der Waals surface area contributed by atoms with Crippen LogP contribution in [0.5, 0.6) is 11.6 Å². The summed E-state index contributed by atoms with van der Waals surface area (Å²) in [6.07, 6.45) is 1.69. The van der Waals surface area contributed by atoms with E-state index in [1.807, 2.05) is 44.2 Å². The third kappa shape index (κ3) is 2.73. The Balaban J connectivity index is 1.70. The third-order valence-corrected chi connectivity index (χ3v) is 4.29. The maximum absolute atomic E-state index is 11.8. The average molecular weight is 347 g/mol. The second-order valence-electron chi connectivity index (χ2n) is 6.16. The Labute approximate surface area is 149 Å². The van der Waals surface area contributed by atoms with E-state index in [-0.39, 0.29) is 5.56 Å². The van der Waals surface area contributed by atoms with Gasteiger partial charge in [0.2, 0.25) is 5.88 Å². The molecule has 2 N–H and O–H groups in total. The summed E-state index contributed by atoms with van der Waals surface area (Å²) in [6, 6.07) is 9.45. The molecule has 0 fully saturated rings. The van der Waals surface area contributed by atoms with Crippen molar-refractivity contribution >= 4 is 10.9 Å². The van der Waals surface area contributed by atoms with E-state index in [9.17, 15) is 4.79 Å². The highest BCUT2D eigenvalue weighted by Gasteiger charge is 2.12. The highest BCUT2D eigenvalue weighted by Crippen LogP contribution is 2.30. The van der Waals surface area contributed by atoms with Crippen LogP contribution in [-0.4, -0.2) is 25.4 Å². The fourth-order valence-corrected chi connectivity index (χ4v) is 3.00. The fourth-order valence-electron chi connectivity index (χ4n) is 3.00. The van der Waals surface area contributed by atoms with Crippen LogP contribution in [0.25, 0.3) is 22.0 Å². The monoisotopic (exact) mass is 347 g/mol. The van der Waals surface area contributed by atoms with Crippen LogP contribution in [0.2, 0.25) is 0 Å². The Morgan fingerprint density at radius 2 is 1.81 bits per heavy atom. The zero-order valence-corrected chi connectivity index (χ0v) is 14.6. The van der Waals surface area contributed by atoms with Crippen LogP contribution in [0.15, 0.2) is 41.3 Å². The predicted molar refractivity (Wildman–Crippen MR) is 98.5 cm³/mol. The molecule has 7 heteroatoms. The van der Waals surface area contributed by atoms with Crippen molar-refractivity contribution < 1.29 is 4.74 Å². The minimum absolute atomic E-state index is 0.183. The van der Waals surface area contributed by atoms with Crippen molar-refractivity contribution in [2.45, 2.75) is 20.8 Å². The van der Waals surface area contributed by atoms with E-state index in [1.165, 1.54) is 0 Å². The molecule has 4 rings (SSSR count). The first-order valence-electron chi connectivity index (χ1n) is 8.18. The van der Waals surface area contributed by atoms with E-state index in [2.05, 4.69) is 25.4 Å². The molecule has 0 amide bonds. The number of hydrogen-bond acceptors (Lipinski definition) is 5. The summed E-state index contributed by atoms with van der Waals surface area (Å²) in [5.74, 6) is 1.16. The summed E-state index contributed by atoms with van der Waals surface area (Å²) in [6.45, 7) is 5.57. The van der Waals surface area contributed by atoms with E-state index in [0.29, 0.717) is 17.2 Å². The van der Waals surface area contributed by atoms with Crippen molar-refractivity contribution in [2.75, 3.05) is 0 Å². The van der Waals surface area contributed by atoms with Crippen molar-refractivity contribution in [2.24, 2.45) is 0 Å². The molecular weight excluding hydrogens is 330 g/mol. The Kier molecular flexibility index (Phi) is 3.76. The largest absolute Gasteiger partial charge is 0.438 e. The van der Waals surface area contributed by atoms with Gasteiger partial charge >= 0.3 is 0 Å². The topological polar surface area (TPSA) is 96.5 Å². The lowest BCUT2D eigenvalue weighted by Crippen LogP contribution is -2.14. The molecule has 3 heterocycles. The van der Waals surface area contributed by atoms with E-state index >= 15 is 0 Å². The van der Waals surface area contributed by atoms with Gasteiger partial charge in [-0.25, -0.2) is 10.1 Å². The molecular formula is C19H17N5O2. The van der Waals surface area contributed by atoms with Crippen LogP contribution in [-0.2, 0) is 0 Å². The van der Waals surface area contributed by atoms with Gasteiger partial charge in [0, 0.05) is 16.8 Å². The van der Waals surface area contributed by atoms with Gasteiger partial charge < -0.3 is 4.74 Å². The lowest BCUT2D eigenvalue weighted by atomic mass is 10.0. The number of nitrogens with zero attached hydrogens (tertiary/aromatic N) is 3. The molecule has 1 aromatic carbocycles. The van der Waals surface area contributed by atoms with Gasteiger partial charge in [0.1, 0.15) is 5.75 Å². The van der Waals surface area contributed by atoms with Crippen molar-refractivity contribution in [3.05, 3.63) is 63.8 Å². The highest BCUT2D eigenvalue weighted by molar-refractivity contribution is 5.83. The number of ether oxygens (including phenoxy) is 1. The van der Waals surface area contributed by atoms with E-state index in [4.69, 9.17) is 4.74 Å². The first-order chi connectivity index (χ1) is 12.5. The minimum Gasteiger partial charge on any atom is -0.438 e. The number of hydrogen-bond donors (Lipinski definition) is 2. The Morgan fingerprint density at radius 3 is 2.58 bits per heavy atom. The van der Waals surface area contributed by atoms with Gasteiger partial charge in [-0.05, 0) is 44.5 Å². The van der Waals surface area contributed by atoms with Crippen LogP contribution in [0.4, 0.5) is 0 Å². The molecule has 0 spiro atoms. The zero-order chi connectivity index (χ0) is 18.3. The summed E-state index contributed by atoms with van der Waals surface area (Å²) >= 11 is 0. The Morgan fingerprint density at radius 1 is 1.04 bits per heavy atom. The van der Waals surface area contributed by atoms with Crippen molar-refractivity contribution in [1.29, 1.82) is 0 Å². The molecule has 0 saturated heterocycles. The first-order valence-corrected chi connectivity index (χ1v) is 8.18. The third-order valence-electron chi connectivity index (χ3n) is 4.29. The molecule has 26 heavy (non-hydrogen) atoms. The van der Waals surface area contributed by atoms with Gasteiger partial charge in [-0.2, -0.15) is 10.2 Å². The Hall–Kier alpha value is -3.48. The quantitative estimate of drug-likeness (QED) is 0.592. The van der Waals surface area contributed by atoms with E-state index in [1.54, 1.807) is 13.1 Å². The lowest BCUT2D eigenvalue weighted by molar-refractivity contribution is 0.468. The van der Waals surface area contributed by atoms with Gasteiger partial charge in [0.25, 0.3) is 5.56 Å². The van der Waals surface area contributed by atoms with E-state index in [0.717, 1.165) is 33.4 Å². The molecule has 0 atom stereocenters. The van der Waals surface area contributed by atoms with Crippen molar-refractivity contribution in [1.82, 2.24) is 25.4 Å². The molecule has 4 aromatic rings. The zero-order valence-electron chi connectivity index (χ0n) is 14.6. The van der Waals surface area contributed by atoms with Gasteiger partial charge in [-0.1, -0.05) is 12.1 Å². The Bertz CT molecular complexity index is 1160. The SMILES string of the molecule is Cc1cc2[nH]ncc2c(Oc2ccc(-c3c(C)n[nH]c(=O)c3C)cc2)n1. The molecule has 0 bridgehead atoms. The number of rotatable bonds is 3. The molecule has 0 saturated carbocycles. The number of pyridine rings is 1. The number of aromatic amines is 2. The molecule has 0 radical (unpaired) electrons. The summed E-state index contributed by atoms with van der Waals surface area (Å²) < 4.78 is 5.95. The van der Waals surface area contributed by atoms with Gasteiger partial charge in [-0.3, -0.25) is 9.89 Å². The molecule has 0 unspecified atom stereocenters. The highest BCUT2D eigenvalue weighted by atomic mass is 16.5. The smallest absolute Gasteiger partial charge is 0.267 e. The number of aromatic nitrogens is 5. The lowest BCUT2D eigenvalue weighted by Gasteiger charge is -2.10. The number of fused-ring (bicyclic) bond motifs is 1. The normalized spacial score (nSPS) is 11.0. The second kappa shape index (κ2) is 6.11. The maximum Gasteiger partial charge on any atom is 0.267 e. The number of aryl methyl sites for hydroxylation is 2. The van der Waals surface area contributed by atoms with Gasteiger partial charge in [0.05, 0.1) is 22.8 Å². The van der Waals surface area contributed by atoms with Crippen LogP contribution >= 0.6 is 0 Å². The number of H-pyrrole nitrogens is 2. The van der Waals surface area contributed by atoms with Crippen LogP contribution < -0.4 is 10.3 Å². The van der Waals surface area contributed by atoms with Crippen LogP contribution in [0.1, 0.15) is 17.0 Å². The summed E-state index contributed by atoms with van der Waals surface area (Å²) in [7, 11) is 0. The predicted octanol–water partition coefficient (Wildman–Crippen LogP) is 3.43. The van der Waals surface area contributed by atoms with Crippen LogP contribution in [0.3, 0.4) is 0 Å². The van der Waals surface area contributed by atoms with Gasteiger partial charge in [-0.15, -0.1) is 0 Å². The minimum atomic E-state index is -0.183. The van der Waals surface area contributed by atoms with Crippen LogP contribution in [0, 0.1) is 20.8 Å². The van der Waals surface area contributed by atoms with Crippen molar-refractivity contribution in [3.63, 3.8) is 0 Å². The standard InChI is InChI=1S/C19H17N5O2/c1-10-8-16-15(9-20-23-16)19(21-10)26-14-6-4-13(5-7-14)17-11(2)18(25)24-22-12(17)3/h4-9H,1-3H3,(H,20,23)(H,24,25). The average Bonchev–Trinajstić information content (AvgIpc) is 3.08. The summed E-state index contributed by atoms with van der Waals surface area (Å²) in [5.41, 5.74) is 4.71. The number of nitrogens with one attached hydrogen (secondary N) is 2. The van der Waals surface area contributed by atoms with E-state index < -0.39 is 0 Å². The molecule has 0 aliphatic rings. The van der Waals surface area contributed by atoms with Gasteiger partial charge in [0.15, 0.2) is 0 Å². The molecule has 3 aromatic heterocycles. The summed E-state index contributed by atoms with van der Waals surface area (Å²) in [5, 5.41) is 14.3. The molecule has 7 nitrogen and oxygen atoms in total.